The summed E-state index contributed by atoms with van der Waals surface area (Å²) in [6, 6.07) is -0.922. The van der Waals surface area contributed by atoms with Crippen LogP contribution in [0.15, 0.2) is 12.5 Å². The van der Waals surface area contributed by atoms with Crippen LogP contribution in [0.25, 0.3) is 0 Å². The highest BCUT2D eigenvalue weighted by molar-refractivity contribution is 5.94. The number of carbonyl (C=O) groups is 2. The predicted molar refractivity (Wildman–Crippen MR) is 63.2 cm³/mol. The van der Waals surface area contributed by atoms with Gasteiger partial charge in [-0.05, 0) is 12.8 Å². The van der Waals surface area contributed by atoms with E-state index in [1.165, 1.54) is 12.5 Å². The third-order valence-electron chi connectivity index (χ3n) is 2.38. The van der Waals surface area contributed by atoms with Gasteiger partial charge in [-0.1, -0.05) is 0 Å². The zero-order valence-electron chi connectivity index (χ0n) is 10.4. The lowest BCUT2D eigenvalue weighted by Crippen LogP contribution is -2.41. The number of amides is 1. The van der Waals surface area contributed by atoms with Crippen molar-refractivity contribution in [2.45, 2.75) is 18.9 Å². The normalized spacial score (nSPS) is 12.1. The van der Waals surface area contributed by atoms with Crippen LogP contribution in [0.1, 0.15) is 23.3 Å². The van der Waals surface area contributed by atoms with Crippen molar-refractivity contribution >= 4 is 11.9 Å². The van der Waals surface area contributed by atoms with Gasteiger partial charge in [-0.2, -0.15) is 0 Å². The molecule has 0 aliphatic heterocycles. The second kappa shape index (κ2) is 6.75. The van der Waals surface area contributed by atoms with E-state index in [1.54, 1.807) is 18.7 Å². The van der Waals surface area contributed by atoms with Crippen molar-refractivity contribution in [3.8, 4) is 0 Å². The second-order valence-electron chi connectivity index (χ2n) is 3.92. The van der Waals surface area contributed by atoms with Gasteiger partial charge in [0.15, 0.2) is 0 Å². The van der Waals surface area contributed by atoms with Crippen LogP contribution in [-0.4, -0.2) is 46.3 Å². The zero-order chi connectivity index (χ0) is 13.5. The minimum atomic E-state index is -1.06. The number of carbonyl (C=O) groups excluding carboxylic acids is 1. The summed E-state index contributed by atoms with van der Waals surface area (Å²) in [4.78, 5) is 26.6. The summed E-state index contributed by atoms with van der Waals surface area (Å²) < 4.78 is 6.46. The number of hydrogen-bond donors (Lipinski definition) is 2. The van der Waals surface area contributed by atoms with Crippen LogP contribution < -0.4 is 5.32 Å². The molecule has 7 heteroatoms. The first-order valence-corrected chi connectivity index (χ1v) is 5.55. The number of aromatic nitrogens is 2. The Morgan fingerprint density at radius 1 is 1.61 bits per heavy atom. The summed E-state index contributed by atoms with van der Waals surface area (Å²) in [5.41, 5.74) is 0.204. The van der Waals surface area contributed by atoms with Crippen molar-refractivity contribution in [2.24, 2.45) is 7.05 Å². The number of hydrogen-bond acceptors (Lipinski definition) is 4. The summed E-state index contributed by atoms with van der Waals surface area (Å²) in [7, 11) is 3.28. The number of ether oxygens (including phenoxy) is 1. The van der Waals surface area contributed by atoms with Gasteiger partial charge in [-0.15, -0.1) is 0 Å². The quantitative estimate of drug-likeness (QED) is 0.670. The number of aryl methyl sites for hydroxylation is 1. The van der Waals surface area contributed by atoms with Crippen LogP contribution in [0.2, 0.25) is 0 Å². The molecular formula is C11H17N3O4. The standard InChI is InChI=1S/C11H17N3O4/c1-14-6-9(12-7-14)10(15)13-8(11(16)17)4-3-5-18-2/h6-8H,3-5H2,1-2H3,(H,13,15)(H,16,17). The lowest BCUT2D eigenvalue weighted by atomic mass is 10.1. The van der Waals surface area contributed by atoms with E-state index in [4.69, 9.17) is 9.84 Å². The SMILES string of the molecule is COCCCC(NC(=O)c1cn(C)cn1)C(=O)O. The molecule has 1 aromatic rings. The van der Waals surface area contributed by atoms with E-state index in [9.17, 15) is 9.59 Å². The lowest BCUT2D eigenvalue weighted by molar-refractivity contribution is -0.139. The van der Waals surface area contributed by atoms with Crippen LogP contribution in [0.3, 0.4) is 0 Å². The molecule has 0 aliphatic rings. The van der Waals surface area contributed by atoms with E-state index < -0.39 is 17.9 Å². The first-order chi connectivity index (χ1) is 8.54. The smallest absolute Gasteiger partial charge is 0.326 e. The number of aliphatic carboxylic acids is 1. The fourth-order valence-corrected chi connectivity index (χ4v) is 1.45. The van der Waals surface area contributed by atoms with E-state index >= 15 is 0 Å². The molecule has 0 radical (unpaired) electrons. The minimum absolute atomic E-state index is 0.204. The van der Waals surface area contributed by atoms with Gasteiger partial charge in [-0.25, -0.2) is 9.78 Å². The molecule has 2 N–H and O–H groups in total. The molecule has 0 aromatic carbocycles. The highest BCUT2D eigenvalue weighted by Gasteiger charge is 2.21. The largest absolute Gasteiger partial charge is 0.480 e. The molecule has 0 spiro atoms. The molecule has 1 heterocycles. The zero-order valence-corrected chi connectivity index (χ0v) is 10.4. The summed E-state index contributed by atoms with van der Waals surface area (Å²) in [5.74, 6) is -1.55. The summed E-state index contributed by atoms with van der Waals surface area (Å²) in [5, 5.41) is 11.4. The molecule has 1 unspecified atom stereocenters. The van der Waals surface area contributed by atoms with Crippen molar-refractivity contribution in [3.63, 3.8) is 0 Å². The molecule has 1 rings (SSSR count). The first-order valence-electron chi connectivity index (χ1n) is 5.55. The monoisotopic (exact) mass is 255 g/mol. The number of carboxylic acids is 1. The molecule has 7 nitrogen and oxygen atoms in total. The molecule has 0 saturated carbocycles. The van der Waals surface area contributed by atoms with Crippen molar-refractivity contribution < 1.29 is 19.4 Å². The number of carboxylic acid groups (broad SMARTS) is 1. The second-order valence-corrected chi connectivity index (χ2v) is 3.92. The van der Waals surface area contributed by atoms with Crippen LogP contribution >= 0.6 is 0 Å². The van der Waals surface area contributed by atoms with Gasteiger partial charge in [0.2, 0.25) is 0 Å². The number of rotatable bonds is 7. The predicted octanol–water partition coefficient (Wildman–Crippen LogP) is 0.0297. The Bertz CT molecular complexity index is 416. The van der Waals surface area contributed by atoms with Crippen LogP contribution in [0, 0.1) is 0 Å². The number of methoxy groups -OCH3 is 1. The molecule has 1 atom stereocenters. The minimum Gasteiger partial charge on any atom is -0.480 e. The van der Waals surface area contributed by atoms with Gasteiger partial charge in [0.25, 0.3) is 5.91 Å². The van der Waals surface area contributed by atoms with Crippen molar-refractivity contribution in [1.29, 1.82) is 0 Å². The molecule has 1 aromatic heterocycles. The van der Waals surface area contributed by atoms with Crippen LogP contribution in [-0.2, 0) is 16.6 Å². The lowest BCUT2D eigenvalue weighted by Gasteiger charge is -2.13. The van der Waals surface area contributed by atoms with E-state index in [0.717, 1.165) is 0 Å². The third-order valence-corrected chi connectivity index (χ3v) is 2.38. The van der Waals surface area contributed by atoms with E-state index in [1.807, 2.05) is 0 Å². The topological polar surface area (TPSA) is 93.5 Å². The number of imidazole rings is 1. The highest BCUT2D eigenvalue weighted by Crippen LogP contribution is 2.01. The maximum atomic E-state index is 11.7. The molecule has 0 fully saturated rings. The van der Waals surface area contributed by atoms with Gasteiger partial charge >= 0.3 is 5.97 Å². The Kier molecular flexibility index (Phi) is 5.31. The maximum absolute atomic E-state index is 11.7. The van der Waals surface area contributed by atoms with Gasteiger partial charge in [0, 0.05) is 27.0 Å². The van der Waals surface area contributed by atoms with Crippen molar-refractivity contribution in [3.05, 3.63) is 18.2 Å². The molecule has 100 valence electrons. The summed E-state index contributed by atoms with van der Waals surface area (Å²) in [6.07, 6.45) is 3.90. The summed E-state index contributed by atoms with van der Waals surface area (Å²) >= 11 is 0. The Balaban J connectivity index is 2.55. The molecule has 18 heavy (non-hydrogen) atoms. The first kappa shape index (κ1) is 14.2. The van der Waals surface area contributed by atoms with Gasteiger partial charge < -0.3 is 19.7 Å². The van der Waals surface area contributed by atoms with Crippen molar-refractivity contribution in [1.82, 2.24) is 14.9 Å². The van der Waals surface area contributed by atoms with E-state index in [2.05, 4.69) is 10.3 Å². The maximum Gasteiger partial charge on any atom is 0.326 e. The fraction of sp³-hybridized carbons (Fsp3) is 0.545. The Labute approximate surface area is 105 Å². The number of nitrogens with one attached hydrogen (secondary N) is 1. The average molecular weight is 255 g/mol. The van der Waals surface area contributed by atoms with Gasteiger partial charge in [-0.3, -0.25) is 4.79 Å². The number of nitrogens with zero attached hydrogens (tertiary/aromatic N) is 2. The Morgan fingerprint density at radius 2 is 2.33 bits per heavy atom. The average Bonchev–Trinajstić information content (AvgIpc) is 2.74. The molecule has 0 saturated heterocycles. The molecule has 1 amide bonds. The highest BCUT2D eigenvalue weighted by atomic mass is 16.5. The molecular weight excluding hydrogens is 238 g/mol. The molecule has 0 bridgehead atoms. The van der Waals surface area contributed by atoms with Gasteiger partial charge in [0.05, 0.1) is 6.33 Å². The third kappa shape index (κ3) is 4.17. The van der Waals surface area contributed by atoms with Crippen molar-refractivity contribution in [2.75, 3.05) is 13.7 Å². The van der Waals surface area contributed by atoms with E-state index in [-0.39, 0.29) is 5.69 Å². The molecule has 0 aliphatic carbocycles. The Morgan fingerprint density at radius 3 is 2.83 bits per heavy atom. The Hall–Kier alpha value is -1.89. The fourth-order valence-electron chi connectivity index (χ4n) is 1.45. The summed E-state index contributed by atoms with van der Waals surface area (Å²) in [6.45, 7) is 0.462. The van der Waals surface area contributed by atoms with E-state index in [0.29, 0.717) is 19.4 Å². The van der Waals surface area contributed by atoms with Crippen LogP contribution in [0.5, 0.6) is 0 Å². The van der Waals surface area contributed by atoms with Gasteiger partial charge in [0.1, 0.15) is 11.7 Å². The van der Waals surface area contributed by atoms with Crippen LogP contribution in [0.4, 0.5) is 0 Å².